The van der Waals surface area contributed by atoms with Gasteiger partial charge in [-0.2, -0.15) is 0 Å². The molecule has 2 amide bonds. The van der Waals surface area contributed by atoms with Gasteiger partial charge in [0.1, 0.15) is 12.6 Å². The number of amides is 2. The van der Waals surface area contributed by atoms with Crippen LogP contribution in [0.4, 0.5) is 19.3 Å². The van der Waals surface area contributed by atoms with Crippen LogP contribution in [0.1, 0.15) is 33.8 Å². The normalized spacial score (nSPS) is 13.0. The Balaban J connectivity index is 1.35. The summed E-state index contributed by atoms with van der Waals surface area (Å²) >= 11 is 0. The largest absolute Gasteiger partial charge is 0.480 e. The molecule has 1 atom stereocenters. The molecule has 0 bridgehead atoms. The van der Waals surface area contributed by atoms with E-state index in [0.717, 1.165) is 22.3 Å². The van der Waals surface area contributed by atoms with E-state index in [0.29, 0.717) is 5.69 Å². The van der Waals surface area contributed by atoms with Crippen LogP contribution in [0.5, 0.6) is 0 Å². The highest BCUT2D eigenvalue weighted by Crippen LogP contribution is 2.44. The van der Waals surface area contributed by atoms with E-state index in [2.05, 4.69) is 10.6 Å². The van der Waals surface area contributed by atoms with E-state index in [1.54, 1.807) is 0 Å². The van der Waals surface area contributed by atoms with E-state index in [9.17, 15) is 23.2 Å². The number of carbonyl (C=O) groups excluding carboxylic acids is 2. The lowest BCUT2D eigenvalue weighted by atomic mass is 9.98. The van der Waals surface area contributed by atoms with Crippen LogP contribution < -0.4 is 10.6 Å². The second-order valence-electron chi connectivity index (χ2n) is 8.02. The second kappa shape index (κ2) is 10.3. The Morgan fingerprint density at radius 1 is 0.886 bits per heavy atom. The van der Waals surface area contributed by atoms with E-state index in [1.807, 2.05) is 48.5 Å². The SMILES string of the molecule is O=C(Nc1ccc(C(=O)NC(CC(F)F)C(=O)O)cc1)OCC1c2ccccc2-c2ccccc21. The number of benzene rings is 3. The third-order valence-electron chi connectivity index (χ3n) is 5.75. The fourth-order valence-corrected chi connectivity index (χ4v) is 4.10. The van der Waals surface area contributed by atoms with E-state index in [-0.39, 0.29) is 18.1 Å². The molecule has 0 aromatic heterocycles. The van der Waals surface area contributed by atoms with Crippen molar-refractivity contribution in [3.05, 3.63) is 89.5 Å². The molecular formula is C26H22F2N2O5. The van der Waals surface area contributed by atoms with Gasteiger partial charge in [-0.05, 0) is 46.5 Å². The number of rotatable bonds is 8. The first-order valence-electron chi connectivity index (χ1n) is 10.9. The van der Waals surface area contributed by atoms with Crippen molar-refractivity contribution in [1.29, 1.82) is 0 Å². The highest BCUT2D eigenvalue weighted by Gasteiger charge is 2.29. The summed E-state index contributed by atoms with van der Waals surface area (Å²) < 4.78 is 30.5. The number of alkyl halides is 2. The number of carbonyl (C=O) groups is 3. The predicted octanol–water partition coefficient (Wildman–Crippen LogP) is 4.89. The molecular weight excluding hydrogens is 458 g/mol. The minimum atomic E-state index is -2.87. The molecule has 35 heavy (non-hydrogen) atoms. The van der Waals surface area contributed by atoms with Crippen molar-refractivity contribution in [3.8, 4) is 11.1 Å². The minimum absolute atomic E-state index is 0.0589. The van der Waals surface area contributed by atoms with Crippen molar-refractivity contribution >= 4 is 23.7 Å². The molecule has 4 rings (SSSR count). The second-order valence-corrected chi connectivity index (χ2v) is 8.02. The van der Waals surface area contributed by atoms with Crippen LogP contribution in [0, 0.1) is 0 Å². The molecule has 9 heteroatoms. The summed E-state index contributed by atoms with van der Waals surface area (Å²) in [6, 6.07) is 19.8. The molecule has 0 aliphatic heterocycles. The molecule has 180 valence electrons. The number of carboxylic acid groups (broad SMARTS) is 1. The van der Waals surface area contributed by atoms with E-state index < -0.39 is 36.9 Å². The van der Waals surface area contributed by atoms with Crippen molar-refractivity contribution in [1.82, 2.24) is 5.32 Å². The molecule has 0 radical (unpaired) electrons. The first-order chi connectivity index (χ1) is 16.8. The van der Waals surface area contributed by atoms with Crippen LogP contribution >= 0.6 is 0 Å². The third kappa shape index (κ3) is 5.46. The molecule has 0 spiro atoms. The maximum Gasteiger partial charge on any atom is 0.411 e. The van der Waals surface area contributed by atoms with Crippen molar-refractivity contribution < 1.29 is 33.0 Å². The van der Waals surface area contributed by atoms with Gasteiger partial charge in [-0.3, -0.25) is 10.1 Å². The van der Waals surface area contributed by atoms with Crippen molar-refractivity contribution in [2.24, 2.45) is 0 Å². The lowest BCUT2D eigenvalue weighted by Gasteiger charge is -2.15. The average molecular weight is 480 g/mol. The van der Waals surface area contributed by atoms with Gasteiger partial charge in [-0.1, -0.05) is 48.5 Å². The van der Waals surface area contributed by atoms with Crippen LogP contribution in [-0.2, 0) is 9.53 Å². The maximum atomic E-state index is 12.5. The number of halogens is 2. The minimum Gasteiger partial charge on any atom is -0.480 e. The van der Waals surface area contributed by atoms with Gasteiger partial charge in [0.05, 0.1) is 0 Å². The van der Waals surface area contributed by atoms with Crippen LogP contribution in [0.2, 0.25) is 0 Å². The molecule has 0 fully saturated rings. The summed E-state index contributed by atoms with van der Waals surface area (Å²) in [6.07, 6.45) is -4.55. The molecule has 3 N–H and O–H groups in total. The smallest absolute Gasteiger partial charge is 0.411 e. The standard InChI is InChI=1S/C26H22F2N2O5/c27-23(28)13-22(25(32)33)30-24(31)15-9-11-16(12-10-15)29-26(34)35-14-21-19-7-3-1-5-17(19)18-6-2-4-8-20(18)21/h1-12,21-23H,13-14H2,(H,29,34)(H,30,31)(H,32,33). The van der Waals surface area contributed by atoms with Gasteiger partial charge in [-0.25, -0.2) is 18.4 Å². The zero-order valence-electron chi connectivity index (χ0n) is 18.4. The zero-order chi connectivity index (χ0) is 24.9. The number of nitrogens with one attached hydrogen (secondary N) is 2. The van der Waals surface area contributed by atoms with Gasteiger partial charge in [0.2, 0.25) is 6.43 Å². The van der Waals surface area contributed by atoms with Gasteiger partial charge >= 0.3 is 12.1 Å². The lowest BCUT2D eigenvalue weighted by Crippen LogP contribution is -2.42. The Bertz CT molecular complexity index is 1200. The Kier molecular flexibility index (Phi) is 7.05. The predicted molar refractivity (Wildman–Crippen MR) is 125 cm³/mol. The number of ether oxygens (including phenoxy) is 1. The molecule has 0 heterocycles. The summed E-state index contributed by atoms with van der Waals surface area (Å²) in [5.41, 5.74) is 4.81. The lowest BCUT2D eigenvalue weighted by molar-refractivity contribution is -0.140. The quantitative estimate of drug-likeness (QED) is 0.426. The number of hydrogen-bond acceptors (Lipinski definition) is 4. The Morgan fingerprint density at radius 3 is 2.00 bits per heavy atom. The number of anilines is 1. The van der Waals surface area contributed by atoms with Gasteiger partial charge < -0.3 is 15.2 Å². The number of fused-ring (bicyclic) bond motifs is 3. The van der Waals surface area contributed by atoms with E-state index in [4.69, 9.17) is 9.84 Å². The summed E-state index contributed by atoms with van der Waals surface area (Å²) in [5, 5.41) is 13.6. The monoisotopic (exact) mass is 480 g/mol. The van der Waals surface area contributed by atoms with Gasteiger partial charge in [-0.15, -0.1) is 0 Å². The first-order valence-corrected chi connectivity index (χ1v) is 10.9. The Labute approximate surface area is 199 Å². The zero-order valence-corrected chi connectivity index (χ0v) is 18.4. The van der Waals surface area contributed by atoms with E-state index >= 15 is 0 Å². The molecule has 0 saturated carbocycles. The van der Waals surface area contributed by atoms with Crippen molar-refractivity contribution in [2.75, 3.05) is 11.9 Å². The fourth-order valence-electron chi connectivity index (χ4n) is 4.10. The molecule has 7 nitrogen and oxygen atoms in total. The molecule has 1 aliphatic carbocycles. The van der Waals surface area contributed by atoms with Gasteiger partial charge in [0.25, 0.3) is 5.91 Å². The molecule has 3 aromatic rings. The highest BCUT2D eigenvalue weighted by molar-refractivity contribution is 5.97. The number of aliphatic carboxylic acids is 1. The number of hydrogen-bond donors (Lipinski definition) is 3. The highest BCUT2D eigenvalue weighted by atomic mass is 19.3. The van der Waals surface area contributed by atoms with Crippen LogP contribution in [0.3, 0.4) is 0 Å². The molecule has 1 unspecified atom stereocenters. The van der Waals surface area contributed by atoms with Crippen LogP contribution in [0.15, 0.2) is 72.8 Å². The molecule has 0 saturated heterocycles. The summed E-state index contributed by atoms with van der Waals surface area (Å²) in [4.78, 5) is 35.6. The topological polar surface area (TPSA) is 105 Å². The molecule has 1 aliphatic rings. The average Bonchev–Trinajstić information content (AvgIpc) is 3.16. The maximum absolute atomic E-state index is 12.5. The van der Waals surface area contributed by atoms with Crippen molar-refractivity contribution in [2.45, 2.75) is 24.8 Å². The van der Waals surface area contributed by atoms with E-state index in [1.165, 1.54) is 24.3 Å². The summed E-state index contributed by atoms with van der Waals surface area (Å²) in [7, 11) is 0. The first kappa shape index (κ1) is 23.9. The third-order valence-corrected chi connectivity index (χ3v) is 5.75. The van der Waals surface area contributed by atoms with Gasteiger partial charge in [0, 0.05) is 23.6 Å². The van der Waals surface area contributed by atoms with Crippen molar-refractivity contribution in [3.63, 3.8) is 0 Å². The number of carboxylic acids is 1. The van der Waals surface area contributed by atoms with Crippen LogP contribution in [-0.4, -0.2) is 42.2 Å². The van der Waals surface area contributed by atoms with Gasteiger partial charge in [0.15, 0.2) is 0 Å². The van der Waals surface area contributed by atoms with Crippen LogP contribution in [0.25, 0.3) is 11.1 Å². The fraction of sp³-hybridized carbons (Fsp3) is 0.192. The molecule has 3 aromatic carbocycles. The Hall–Kier alpha value is -4.27. The summed E-state index contributed by atoms with van der Waals surface area (Å²) in [5.74, 6) is -2.45. The Morgan fingerprint density at radius 2 is 1.46 bits per heavy atom. The summed E-state index contributed by atoms with van der Waals surface area (Å²) in [6.45, 7) is 0.140.